The number of benzene rings is 1. The summed E-state index contributed by atoms with van der Waals surface area (Å²) in [5.74, 6) is 0. The van der Waals surface area contributed by atoms with Crippen LogP contribution in [0.15, 0.2) is 28.7 Å². The molecule has 3 heteroatoms. The molecule has 2 N–H and O–H groups in total. The van der Waals surface area contributed by atoms with Gasteiger partial charge < -0.3 is 5.73 Å². The van der Waals surface area contributed by atoms with Gasteiger partial charge in [0.25, 0.3) is 0 Å². The Hall–Kier alpha value is -0.380. The van der Waals surface area contributed by atoms with Crippen molar-refractivity contribution in [3.05, 3.63) is 34.3 Å². The van der Waals surface area contributed by atoms with Crippen LogP contribution in [-0.2, 0) is 0 Å². The fraction of sp³-hybridized carbons (Fsp3) is 0.600. The molecule has 2 rings (SSSR count). The van der Waals surface area contributed by atoms with Crippen molar-refractivity contribution < 1.29 is 0 Å². The second-order valence-electron chi connectivity index (χ2n) is 5.31. The Kier molecular flexibility index (Phi) is 5.22. The van der Waals surface area contributed by atoms with Crippen molar-refractivity contribution in [1.82, 2.24) is 4.90 Å². The molecule has 1 aliphatic heterocycles. The molecule has 0 saturated carbocycles. The van der Waals surface area contributed by atoms with Gasteiger partial charge in [0.15, 0.2) is 0 Å². The average molecular weight is 311 g/mol. The highest BCUT2D eigenvalue weighted by Crippen LogP contribution is 2.27. The summed E-state index contributed by atoms with van der Waals surface area (Å²) < 4.78 is 1.13. The van der Waals surface area contributed by atoms with E-state index in [4.69, 9.17) is 5.73 Å². The van der Waals surface area contributed by atoms with E-state index in [2.05, 4.69) is 52.0 Å². The van der Waals surface area contributed by atoms with E-state index in [9.17, 15) is 0 Å². The highest BCUT2D eigenvalue weighted by molar-refractivity contribution is 9.10. The Labute approximate surface area is 119 Å². The minimum Gasteiger partial charge on any atom is -0.326 e. The van der Waals surface area contributed by atoms with E-state index in [1.165, 1.54) is 44.3 Å². The lowest BCUT2D eigenvalue weighted by Gasteiger charge is -2.33. The molecule has 1 saturated heterocycles. The van der Waals surface area contributed by atoms with Crippen LogP contribution in [0.2, 0.25) is 0 Å². The standard InChI is InChI=1S/C15H23BrN2/c1-12(17)15(13-6-8-14(16)9-7-13)18-10-4-2-3-5-11-18/h6-9,12,15H,2-5,10-11,17H2,1H3. The first-order valence-electron chi connectivity index (χ1n) is 6.93. The predicted octanol–water partition coefficient (Wildman–Crippen LogP) is 3.71. The largest absolute Gasteiger partial charge is 0.326 e. The Balaban J connectivity index is 2.18. The Morgan fingerprint density at radius 3 is 2.11 bits per heavy atom. The molecule has 2 unspecified atom stereocenters. The van der Waals surface area contributed by atoms with E-state index in [1.807, 2.05) is 0 Å². The van der Waals surface area contributed by atoms with Gasteiger partial charge in [-0.15, -0.1) is 0 Å². The lowest BCUT2D eigenvalue weighted by atomic mass is 9.99. The summed E-state index contributed by atoms with van der Waals surface area (Å²) in [6, 6.07) is 9.15. The van der Waals surface area contributed by atoms with Crippen molar-refractivity contribution in [2.24, 2.45) is 5.73 Å². The summed E-state index contributed by atoms with van der Waals surface area (Å²) >= 11 is 3.50. The normalized spacial score (nSPS) is 21.3. The van der Waals surface area contributed by atoms with Crippen molar-refractivity contribution >= 4 is 15.9 Å². The first kappa shape index (κ1) is 14.0. The summed E-state index contributed by atoms with van der Waals surface area (Å²) in [5.41, 5.74) is 7.58. The molecule has 1 aromatic carbocycles. The number of hydrogen-bond acceptors (Lipinski definition) is 2. The molecule has 18 heavy (non-hydrogen) atoms. The first-order valence-corrected chi connectivity index (χ1v) is 7.73. The van der Waals surface area contributed by atoms with E-state index < -0.39 is 0 Å². The summed E-state index contributed by atoms with van der Waals surface area (Å²) in [6.45, 7) is 4.49. The predicted molar refractivity (Wildman–Crippen MR) is 80.6 cm³/mol. The number of likely N-dealkylation sites (tertiary alicyclic amines) is 1. The van der Waals surface area contributed by atoms with Gasteiger partial charge in [-0.2, -0.15) is 0 Å². The first-order chi connectivity index (χ1) is 8.68. The Morgan fingerprint density at radius 1 is 1.06 bits per heavy atom. The summed E-state index contributed by atoms with van der Waals surface area (Å²) in [5, 5.41) is 0. The fourth-order valence-electron chi connectivity index (χ4n) is 2.88. The van der Waals surface area contributed by atoms with Crippen molar-refractivity contribution in [3.8, 4) is 0 Å². The van der Waals surface area contributed by atoms with Gasteiger partial charge >= 0.3 is 0 Å². The van der Waals surface area contributed by atoms with E-state index in [0.29, 0.717) is 6.04 Å². The van der Waals surface area contributed by atoms with Crippen LogP contribution in [0.3, 0.4) is 0 Å². The summed E-state index contributed by atoms with van der Waals surface area (Å²) in [6.07, 6.45) is 5.34. The van der Waals surface area contributed by atoms with Crippen molar-refractivity contribution in [1.29, 1.82) is 0 Å². The van der Waals surface area contributed by atoms with Gasteiger partial charge in [0.2, 0.25) is 0 Å². The molecule has 0 spiro atoms. The van der Waals surface area contributed by atoms with Crippen LogP contribution in [0.25, 0.3) is 0 Å². The van der Waals surface area contributed by atoms with Crippen LogP contribution >= 0.6 is 15.9 Å². The van der Waals surface area contributed by atoms with Crippen LogP contribution in [0.5, 0.6) is 0 Å². The molecule has 0 aromatic heterocycles. The topological polar surface area (TPSA) is 29.3 Å². The molecular formula is C15H23BrN2. The second-order valence-corrected chi connectivity index (χ2v) is 6.22. The molecule has 2 atom stereocenters. The molecule has 100 valence electrons. The molecule has 0 radical (unpaired) electrons. The maximum atomic E-state index is 6.24. The molecule has 1 aromatic rings. The van der Waals surface area contributed by atoms with Crippen LogP contribution in [0.4, 0.5) is 0 Å². The van der Waals surface area contributed by atoms with Crippen LogP contribution in [0.1, 0.15) is 44.2 Å². The van der Waals surface area contributed by atoms with Crippen molar-refractivity contribution in [2.45, 2.75) is 44.7 Å². The average Bonchev–Trinajstić information content (AvgIpc) is 2.60. The van der Waals surface area contributed by atoms with Gasteiger partial charge in [-0.25, -0.2) is 0 Å². The third kappa shape index (κ3) is 3.56. The zero-order valence-electron chi connectivity index (χ0n) is 11.1. The van der Waals surface area contributed by atoms with Gasteiger partial charge in [-0.05, 0) is 50.6 Å². The van der Waals surface area contributed by atoms with Crippen molar-refractivity contribution in [3.63, 3.8) is 0 Å². The highest BCUT2D eigenvalue weighted by Gasteiger charge is 2.24. The van der Waals surface area contributed by atoms with E-state index in [0.717, 1.165) is 4.47 Å². The van der Waals surface area contributed by atoms with E-state index in [1.54, 1.807) is 0 Å². The van der Waals surface area contributed by atoms with Gasteiger partial charge in [-0.3, -0.25) is 4.90 Å². The molecule has 1 fully saturated rings. The molecule has 1 heterocycles. The minimum absolute atomic E-state index is 0.171. The van der Waals surface area contributed by atoms with Gasteiger partial charge in [-0.1, -0.05) is 40.9 Å². The van der Waals surface area contributed by atoms with Gasteiger partial charge in [0.1, 0.15) is 0 Å². The minimum atomic E-state index is 0.171. The number of nitrogens with zero attached hydrogens (tertiary/aromatic N) is 1. The quantitative estimate of drug-likeness (QED) is 0.922. The number of halogens is 1. The molecule has 1 aliphatic rings. The Bertz CT molecular complexity index is 353. The van der Waals surface area contributed by atoms with Crippen LogP contribution < -0.4 is 5.73 Å². The SMILES string of the molecule is CC(N)C(c1ccc(Br)cc1)N1CCCCCC1. The maximum Gasteiger partial charge on any atom is 0.0496 e. The van der Waals surface area contributed by atoms with Crippen LogP contribution in [0, 0.1) is 0 Å². The number of hydrogen-bond donors (Lipinski definition) is 1. The Morgan fingerprint density at radius 2 is 1.61 bits per heavy atom. The molecular weight excluding hydrogens is 288 g/mol. The third-order valence-corrected chi connectivity index (χ3v) is 4.27. The van der Waals surface area contributed by atoms with Gasteiger partial charge in [0.05, 0.1) is 0 Å². The smallest absolute Gasteiger partial charge is 0.0496 e. The highest BCUT2D eigenvalue weighted by atomic mass is 79.9. The van der Waals surface area contributed by atoms with Crippen LogP contribution in [-0.4, -0.2) is 24.0 Å². The van der Waals surface area contributed by atoms with E-state index in [-0.39, 0.29) is 6.04 Å². The third-order valence-electron chi connectivity index (χ3n) is 3.74. The molecule has 2 nitrogen and oxygen atoms in total. The maximum absolute atomic E-state index is 6.24. The van der Waals surface area contributed by atoms with Crippen molar-refractivity contribution in [2.75, 3.05) is 13.1 Å². The molecule has 0 amide bonds. The van der Waals surface area contributed by atoms with Gasteiger partial charge in [0, 0.05) is 16.6 Å². The zero-order chi connectivity index (χ0) is 13.0. The second kappa shape index (κ2) is 6.69. The zero-order valence-corrected chi connectivity index (χ0v) is 12.7. The summed E-state index contributed by atoms with van der Waals surface area (Å²) in [7, 11) is 0. The molecule has 0 bridgehead atoms. The van der Waals surface area contributed by atoms with E-state index >= 15 is 0 Å². The lowest BCUT2D eigenvalue weighted by molar-refractivity contribution is 0.183. The number of rotatable bonds is 3. The summed E-state index contributed by atoms with van der Waals surface area (Å²) in [4.78, 5) is 2.57. The number of nitrogens with two attached hydrogens (primary N) is 1. The fourth-order valence-corrected chi connectivity index (χ4v) is 3.14. The molecule has 0 aliphatic carbocycles. The monoisotopic (exact) mass is 310 g/mol. The lowest BCUT2D eigenvalue weighted by Crippen LogP contribution is -2.40.